The number of aryl methyl sites for hydroxylation is 1. The molecule has 5 heteroatoms. The zero-order valence-corrected chi connectivity index (χ0v) is 16.0. The molecule has 1 atom stereocenters. The highest BCUT2D eigenvalue weighted by Gasteiger charge is 2.18. The molecule has 0 aliphatic rings. The topological polar surface area (TPSA) is 81.0 Å². The number of nitrogen functional groups attached to an aromatic ring is 1. The highest BCUT2D eigenvalue weighted by atomic mass is 16.6. The third-order valence-electron chi connectivity index (χ3n) is 4.33. The molecule has 26 heavy (non-hydrogen) atoms. The van der Waals surface area contributed by atoms with E-state index in [9.17, 15) is 10.1 Å². The summed E-state index contributed by atoms with van der Waals surface area (Å²) in [6.45, 7) is 8.44. The molecule has 0 fully saturated rings. The Labute approximate surface area is 155 Å². The first kappa shape index (κ1) is 19.6. The van der Waals surface area contributed by atoms with Crippen molar-refractivity contribution in [3.05, 3.63) is 53.3 Å². The van der Waals surface area contributed by atoms with Crippen LogP contribution in [-0.2, 0) is 11.3 Å². The smallest absolute Gasteiger partial charge is 0.338 e. The van der Waals surface area contributed by atoms with Crippen molar-refractivity contribution in [2.45, 2.75) is 58.6 Å². The van der Waals surface area contributed by atoms with E-state index in [1.54, 1.807) is 6.07 Å². The molecule has 0 aliphatic carbocycles. The Morgan fingerprint density at radius 2 is 1.92 bits per heavy atom. The van der Waals surface area contributed by atoms with Crippen molar-refractivity contribution in [2.24, 2.45) is 0 Å². The number of carbonyl (C=O) groups is 1. The minimum atomic E-state index is -0.501. The van der Waals surface area contributed by atoms with Crippen molar-refractivity contribution in [3.63, 3.8) is 0 Å². The molecule has 2 aromatic rings. The minimum Gasteiger partial charge on any atom is -0.456 e. The number of rotatable bonds is 6. The van der Waals surface area contributed by atoms with E-state index in [1.165, 1.54) is 5.56 Å². The van der Waals surface area contributed by atoms with Gasteiger partial charge in [0, 0.05) is 12.7 Å². The quantitative estimate of drug-likeness (QED) is 0.776. The summed E-state index contributed by atoms with van der Waals surface area (Å²) in [5.74, 6) is 0.0384. The molecule has 2 rings (SSSR count). The van der Waals surface area contributed by atoms with Gasteiger partial charge in [0.1, 0.15) is 17.4 Å². The monoisotopic (exact) mass is 353 g/mol. The molecule has 0 saturated carbocycles. The van der Waals surface area contributed by atoms with Gasteiger partial charge in [-0.05, 0) is 63.3 Å². The summed E-state index contributed by atoms with van der Waals surface area (Å²) in [6.07, 6.45) is 3.72. The fourth-order valence-electron chi connectivity index (χ4n) is 2.93. The van der Waals surface area contributed by atoms with E-state index in [4.69, 9.17) is 10.5 Å². The molecule has 5 nitrogen and oxygen atoms in total. The van der Waals surface area contributed by atoms with Crippen molar-refractivity contribution in [3.8, 4) is 6.07 Å². The lowest BCUT2D eigenvalue weighted by Crippen LogP contribution is -2.23. The van der Waals surface area contributed by atoms with Crippen LogP contribution in [0.1, 0.15) is 68.1 Å². The summed E-state index contributed by atoms with van der Waals surface area (Å²) in [5, 5.41) is 9.20. The number of hydrogen-bond acceptors (Lipinski definition) is 4. The molecule has 1 aromatic carbocycles. The van der Waals surface area contributed by atoms with E-state index in [-0.39, 0.29) is 5.97 Å². The van der Waals surface area contributed by atoms with Gasteiger partial charge in [0.25, 0.3) is 0 Å². The van der Waals surface area contributed by atoms with Crippen LogP contribution in [0, 0.1) is 11.3 Å². The van der Waals surface area contributed by atoms with Crippen LogP contribution in [-0.4, -0.2) is 16.1 Å². The first-order valence-corrected chi connectivity index (χ1v) is 8.93. The van der Waals surface area contributed by atoms with Gasteiger partial charge >= 0.3 is 5.97 Å². The fourth-order valence-corrected chi connectivity index (χ4v) is 2.93. The molecule has 0 radical (unpaired) electrons. The molecule has 0 saturated heterocycles. The minimum absolute atomic E-state index is 0.307. The van der Waals surface area contributed by atoms with Crippen LogP contribution in [0.15, 0.2) is 36.5 Å². The Morgan fingerprint density at radius 3 is 2.46 bits per heavy atom. The number of hydrogen-bond donors (Lipinski definition) is 1. The van der Waals surface area contributed by atoms with E-state index in [0.29, 0.717) is 22.9 Å². The zero-order chi connectivity index (χ0) is 19.3. The second-order valence-electron chi connectivity index (χ2n) is 7.44. The Bertz CT molecular complexity index is 792. The van der Waals surface area contributed by atoms with E-state index < -0.39 is 5.60 Å². The van der Waals surface area contributed by atoms with E-state index in [2.05, 4.69) is 13.0 Å². The summed E-state index contributed by atoms with van der Waals surface area (Å²) in [4.78, 5) is 12.1. The molecule has 1 aromatic heterocycles. The van der Waals surface area contributed by atoms with Crippen LogP contribution in [0.5, 0.6) is 0 Å². The van der Waals surface area contributed by atoms with Gasteiger partial charge in [0.2, 0.25) is 0 Å². The lowest BCUT2D eigenvalue weighted by atomic mass is 9.92. The van der Waals surface area contributed by atoms with Crippen molar-refractivity contribution in [1.82, 2.24) is 4.57 Å². The highest BCUT2D eigenvalue weighted by molar-refractivity contribution is 5.89. The van der Waals surface area contributed by atoms with Crippen LogP contribution in [0.2, 0.25) is 0 Å². The first-order valence-electron chi connectivity index (χ1n) is 8.93. The van der Waals surface area contributed by atoms with Gasteiger partial charge in [-0.25, -0.2) is 4.79 Å². The summed E-state index contributed by atoms with van der Waals surface area (Å²) < 4.78 is 7.29. The summed E-state index contributed by atoms with van der Waals surface area (Å²) in [5.41, 5.74) is 8.07. The third-order valence-corrected chi connectivity index (χ3v) is 4.33. The van der Waals surface area contributed by atoms with Crippen molar-refractivity contribution in [1.29, 1.82) is 5.26 Å². The summed E-state index contributed by atoms with van der Waals surface area (Å²) in [7, 11) is 0. The Balaban J connectivity index is 2.06. The van der Waals surface area contributed by atoms with E-state index >= 15 is 0 Å². The van der Waals surface area contributed by atoms with Crippen LogP contribution < -0.4 is 5.73 Å². The third kappa shape index (κ3) is 4.89. The van der Waals surface area contributed by atoms with Gasteiger partial charge in [0.15, 0.2) is 0 Å². The number of ether oxygens (including phenoxy) is 1. The number of carbonyl (C=O) groups excluding carboxylic acids is 1. The predicted octanol–water partition coefficient (Wildman–Crippen LogP) is 4.48. The molecule has 0 amide bonds. The molecular weight excluding hydrogens is 326 g/mol. The van der Waals surface area contributed by atoms with Gasteiger partial charge in [-0.3, -0.25) is 0 Å². The van der Waals surface area contributed by atoms with Gasteiger partial charge in [-0.1, -0.05) is 19.1 Å². The van der Waals surface area contributed by atoms with Crippen LogP contribution in [0.3, 0.4) is 0 Å². The lowest BCUT2D eigenvalue weighted by Gasteiger charge is -2.20. The summed E-state index contributed by atoms with van der Waals surface area (Å²) in [6, 6.07) is 11.5. The maximum absolute atomic E-state index is 12.1. The number of nitriles is 1. The van der Waals surface area contributed by atoms with Crippen molar-refractivity contribution in [2.75, 3.05) is 5.73 Å². The van der Waals surface area contributed by atoms with Crippen LogP contribution >= 0.6 is 0 Å². The predicted molar refractivity (Wildman–Crippen MR) is 103 cm³/mol. The lowest BCUT2D eigenvalue weighted by molar-refractivity contribution is 0.00695. The largest absolute Gasteiger partial charge is 0.456 e. The van der Waals surface area contributed by atoms with Crippen LogP contribution in [0.4, 0.5) is 5.69 Å². The molecule has 138 valence electrons. The molecule has 1 heterocycles. The second kappa shape index (κ2) is 8.09. The standard InChI is InChI=1S/C21H27N3O2/c1-5-15(10-12-24-13-11-18(23)19(24)14-22)16-6-8-17(9-7-16)20(25)26-21(2,3)4/h6-9,11,13,15H,5,10,12,23H2,1-4H3. The van der Waals surface area contributed by atoms with Crippen molar-refractivity contribution < 1.29 is 9.53 Å². The number of aromatic nitrogens is 1. The molecule has 2 N–H and O–H groups in total. The number of esters is 1. The van der Waals surface area contributed by atoms with Gasteiger partial charge in [0.05, 0.1) is 11.3 Å². The molecular formula is C21H27N3O2. The second-order valence-corrected chi connectivity index (χ2v) is 7.44. The molecule has 1 unspecified atom stereocenters. The molecule has 0 spiro atoms. The average molecular weight is 353 g/mol. The number of nitrogens with two attached hydrogens (primary N) is 1. The number of nitrogens with zero attached hydrogens (tertiary/aromatic N) is 2. The van der Waals surface area contributed by atoms with Gasteiger partial charge in [-0.2, -0.15) is 5.26 Å². The fraction of sp³-hybridized carbons (Fsp3) is 0.429. The van der Waals surface area contributed by atoms with Gasteiger partial charge in [-0.15, -0.1) is 0 Å². The SMILES string of the molecule is CCC(CCn1ccc(N)c1C#N)c1ccc(C(=O)OC(C)(C)C)cc1. The highest BCUT2D eigenvalue weighted by Crippen LogP contribution is 2.26. The zero-order valence-electron chi connectivity index (χ0n) is 16.0. The maximum Gasteiger partial charge on any atom is 0.338 e. The normalized spacial score (nSPS) is 12.4. The maximum atomic E-state index is 12.1. The first-order chi connectivity index (χ1) is 12.2. The molecule has 0 aliphatic heterocycles. The number of benzene rings is 1. The van der Waals surface area contributed by atoms with Crippen molar-refractivity contribution >= 4 is 11.7 Å². The summed E-state index contributed by atoms with van der Waals surface area (Å²) >= 11 is 0. The Morgan fingerprint density at radius 1 is 1.27 bits per heavy atom. The van der Waals surface area contributed by atoms with E-state index in [0.717, 1.165) is 19.4 Å². The Kier molecular flexibility index (Phi) is 6.10. The number of anilines is 1. The van der Waals surface area contributed by atoms with E-state index in [1.807, 2.05) is 55.8 Å². The Hall–Kier alpha value is -2.74. The van der Waals surface area contributed by atoms with Crippen LogP contribution in [0.25, 0.3) is 0 Å². The average Bonchev–Trinajstić information content (AvgIpc) is 2.94. The van der Waals surface area contributed by atoms with Gasteiger partial charge < -0.3 is 15.0 Å². The molecule has 0 bridgehead atoms.